The van der Waals surface area contributed by atoms with Crippen LogP contribution in [0.1, 0.15) is 46.0 Å². The van der Waals surface area contributed by atoms with Crippen molar-refractivity contribution in [2.24, 2.45) is 17.3 Å². The van der Waals surface area contributed by atoms with Gasteiger partial charge in [0.05, 0.1) is 0 Å². The van der Waals surface area contributed by atoms with Crippen LogP contribution in [0, 0.1) is 17.3 Å². The van der Waals surface area contributed by atoms with E-state index in [-0.39, 0.29) is 0 Å². The molecule has 0 aliphatic heterocycles. The van der Waals surface area contributed by atoms with Crippen molar-refractivity contribution in [3.63, 3.8) is 0 Å². The number of Topliss-reactive ketones (excluding diaryl/α,β-unsaturated/α-hetero) is 1. The van der Waals surface area contributed by atoms with Gasteiger partial charge in [0.2, 0.25) is 0 Å². The summed E-state index contributed by atoms with van der Waals surface area (Å²) < 4.78 is 0. The van der Waals surface area contributed by atoms with Crippen molar-refractivity contribution in [2.75, 3.05) is 0 Å². The molecule has 0 saturated heterocycles. The lowest BCUT2D eigenvalue weighted by molar-refractivity contribution is -0.119. The number of rotatable bonds is 0. The van der Waals surface area contributed by atoms with Gasteiger partial charge in [0.1, 0.15) is 5.78 Å². The maximum Gasteiger partial charge on any atom is 0.133 e. The van der Waals surface area contributed by atoms with E-state index < -0.39 is 0 Å². The molecule has 0 aromatic carbocycles. The first-order valence-corrected chi connectivity index (χ1v) is 5.71. The summed E-state index contributed by atoms with van der Waals surface area (Å²) in [6, 6.07) is 0. The Bertz CT molecular complexity index is 275. The van der Waals surface area contributed by atoms with Crippen LogP contribution in [-0.4, -0.2) is 5.78 Å². The van der Waals surface area contributed by atoms with E-state index >= 15 is 0 Å². The zero-order chi connectivity index (χ0) is 10.3. The largest absolute Gasteiger partial charge is 0.300 e. The van der Waals surface area contributed by atoms with Crippen molar-refractivity contribution < 1.29 is 4.79 Å². The Kier molecular flexibility index (Phi) is 2.29. The standard InChI is InChI=1S/C13H20O/c1-9-10-6-7-13(2,3)12(9)5-4-11(14)8-10/h10,12H,1,4-8H2,2-3H3/t10-,12+/m1/s1. The molecular formula is C13H20O. The first-order chi connectivity index (χ1) is 6.50. The molecule has 0 spiro atoms. The van der Waals surface area contributed by atoms with Crippen LogP contribution >= 0.6 is 0 Å². The molecule has 2 bridgehead atoms. The smallest absolute Gasteiger partial charge is 0.133 e. The van der Waals surface area contributed by atoms with Crippen molar-refractivity contribution in [3.8, 4) is 0 Å². The maximum absolute atomic E-state index is 11.5. The van der Waals surface area contributed by atoms with Gasteiger partial charge in [-0.3, -0.25) is 4.79 Å². The molecule has 2 fully saturated rings. The Hall–Kier alpha value is -0.590. The van der Waals surface area contributed by atoms with Crippen LogP contribution in [0.5, 0.6) is 0 Å². The minimum absolute atomic E-state index is 0.373. The topological polar surface area (TPSA) is 17.1 Å². The maximum atomic E-state index is 11.5. The van der Waals surface area contributed by atoms with Gasteiger partial charge >= 0.3 is 0 Å². The molecule has 0 aromatic rings. The third-order valence-electron chi connectivity index (χ3n) is 4.24. The summed E-state index contributed by atoms with van der Waals surface area (Å²) in [6.45, 7) is 8.89. The van der Waals surface area contributed by atoms with Gasteiger partial charge in [0.25, 0.3) is 0 Å². The number of hydrogen-bond donors (Lipinski definition) is 0. The highest BCUT2D eigenvalue weighted by Crippen LogP contribution is 2.50. The summed E-state index contributed by atoms with van der Waals surface area (Å²) in [6.07, 6.45) is 5.03. The summed E-state index contributed by atoms with van der Waals surface area (Å²) in [5.41, 5.74) is 1.74. The van der Waals surface area contributed by atoms with E-state index in [0.29, 0.717) is 23.0 Å². The van der Waals surface area contributed by atoms with Crippen LogP contribution in [0.3, 0.4) is 0 Å². The molecule has 1 heteroatoms. The second-order valence-electron chi connectivity index (χ2n) is 5.63. The Morgan fingerprint density at radius 2 is 2.07 bits per heavy atom. The van der Waals surface area contributed by atoms with Crippen molar-refractivity contribution >= 4 is 5.78 Å². The summed E-state index contributed by atoms with van der Waals surface area (Å²) >= 11 is 0. The van der Waals surface area contributed by atoms with E-state index in [9.17, 15) is 4.79 Å². The third-order valence-corrected chi connectivity index (χ3v) is 4.24. The highest BCUT2D eigenvalue weighted by molar-refractivity contribution is 5.79. The number of fused-ring (bicyclic) bond motifs is 2. The molecule has 0 aromatic heterocycles. The number of ketones is 1. The normalized spacial score (nSPS) is 36.7. The lowest BCUT2D eigenvalue weighted by atomic mass is 9.62. The summed E-state index contributed by atoms with van der Waals surface area (Å²) in [5.74, 6) is 1.55. The van der Waals surface area contributed by atoms with E-state index in [1.54, 1.807) is 0 Å². The zero-order valence-electron chi connectivity index (χ0n) is 9.31. The fourth-order valence-corrected chi connectivity index (χ4v) is 3.18. The van der Waals surface area contributed by atoms with Gasteiger partial charge in [0, 0.05) is 12.8 Å². The Morgan fingerprint density at radius 1 is 1.36 bits per heavy atom. The minimum Gasteiger partial charge on any atom is -0.300 e. The average Bonchev–Trinajstić information content (AvgIpc) is 2.19. The quantitative estimate of drug-likeness (QED) is 0.538. The van der Waals surface area contributed by atoms with Crippen LogP contribution in [-0.2, 0) is 4.79 Å². The molecule has 0 amide bonds. The van der Waals surface area contributed by atoms with Gasteiger partial charge in [-0.1, -0.05) is 26.0 Å². The first kappa shape index (κ1) is 9.95. The summed E-state index contributed by atoms with van der Waals surface area (Å²) in [7, 11) is 0. The predicted molar refractivity (Wildman–Crippen MR) is 58.0 cm³/mol. The number of hydrogen-bond acceptors (Lipinski definition) is 1. The van der Waals surface area contributed by atoms with Crippen LogP contribution in [0.2, 0.25) is 0 Å². The molecule has 2 aliphatic carbocycles. The van der Waals surface area contributed by atoms with Gasteiger partial charge in [-0.2, -0.15) is 0 Å². The first-order valence-electron chi connectivity index (χ1n) is 5.71. The van der Waals surface area contributed by atoms with Gasteiger partial charge in [-0.15, -0.1) is 0 Å². The fraction of sp³-hybridized carbons (Fsp3) is 0.769. The molecular weight excluding hydrogens is 172 g/mol. The minimum atomic E-state index is 0.373. The monoisotopic (exact) mass is 192 g/mol. The number of allylic oxidation sites excluding steroid dienone is 1. The van der Waals surface area contributed by atoms with E-state index in [0.717, 1.165) is 19.3 Å². The molecule has 0 heterocycles. The van der Waals surface area contributed by atoms with Gasteiger partial charge in [-0.05, 0) is 36.5 Å². The third kappa shape index (κ3) is 1.53. The van der Waals surface area contributed by atoms with Crippen molar-refractivity contribution in [1.82, 2.24) is 0 Å². The van der Waals surface area contributed by atoms with Crippen molar-refractivity contribution in [3.05, 3.63) is 12.2 Å². The fourth-order valence-electron chi connectivity index (χ4n) is 3.18. The molecule has 2 rings (SSSR count). The van der Waals surface area contributed by atoms with Crippen LogP contribution < -0.4 is 0 Å². The van der Waals surface area contributed by atoms with Crippen LogP contribution in [0.15, 0.2) is 12.2 Å². The summed E-state index contributed by atoms with van der Waals surface area (Å²) in [4.78, 5) is 11.5. The number of carbonyl (C=O) groups excluding carboxylic acids is 1. The lowest BCUT2D eigenvalue weighted by Gasteiger charge is -2.42. The molecule has 0 unspecified atom stereocenters. The molecule has 14 heavy (non-hydrogen) atoms. The molecule has 0 radical (unpaired) electrons. The highest BCUT2D eigenvalue weighted by Gasteiger charge is 2.41. The molecule has 78 valence electrons. The molecule has 2 atom stereocenters. The van der Waals surface area contributed by atoms with Gasteiger partial charge in [0.15, 0.2) is 0 Å². The van der Waals surface area contributed by atoms with E-state index in [2.05, 4.69) is 20.4 Å². The molecule has 2 aliphatic rings. The van der Waals surface area contributed by atoms with Gasteiger partial charge in [-0.25, -0.2) is 0 Å². The Morgan fingerprint density at radius 3 is 2.79 bits per heavy atom. The highest BCUT2D eigenvalue weighted by atomic mass is 16.1. The number of carbonyl (C=O) groups is 1. The molecule has 2 saturated carbocycles. The zero-order valence-corrected chi connectivity index (χ0v) is 9.31. The summed E-state index contributed by atoms with van der Waals surface area (Å²) in [5, 5.41) is 0. The van der Waals surface area contributed by atoms with Crippen molar-refractivity contribution in [2.45, 2.75) is 46.0 Å². The van der Waals surface area contributed by atoms with E-state index in [1.165, 1.54) is 18.4 Å². The van der Waals surface area contributed by atoms with E-state index in [1.807, 2.05) is 0 Å². The van der Waals surface area contributed by atoms with Crippen LogP contribution in [0.25, 0.3) is 0 Å². The molecule has 1 nitrogen and oxygen atoms in total. The predicted octanol–water partition coefficient (Wildman–Crippen LogP) is 3.35. The molecule has 0 N–H and O–H groups in total. The Labute approximate surface area is 86.6 Å². The van der Waals surface area contributed by atoms with Gasteiger partial charge < -0.3 is 0 Å². The van der Waals surface area contributed by atoms with Crippen LogP contribution in [0.4, 0.5) is 0 Å². The van der Waals surface area contributed by atoms with Crippen molar-refractivity contribution in [1.29, 1.82) is 0 Å². The second kappa shape index (κ2) is 3.22. The average molecular weight is 192 g/mol. The Balaban J connectivity index is 2.28. The van der Waals surface area contributed by atoms with E-state index in [4.69, 9.17) is 0 Å². The second-order valence-corrected chi connectivity index (χ2v) is 5.63. The lowest BCUT2D eigenvalue weighted by Crippen LogP contribution is -2.32. The SMILES string of the molecule is C=C1[C@@H]2CCC(C)(C)[C@H]1CCC(=O)C2.